The monoisotopic (exact) mass is 480 g/mol. The van der Waals surface area contributed by atoms with Gasteiger partial charge < -0.3 is 31.5 Å². The van der Waals surface area contributed by atoms with E-state index in [1.165, 1.54) is 24.0 Å². The van der Waals surface area contributed by atoms with Crippen LogP contribution in [0.1, 0.15) is 31.7 Å². The first kappa shape index (κ1) is 26.5. The van der Waals surface area contributed by atoms with Crippen molar-refractivity contribution < 1.29 is 29.4 Å². The third kappa shape index (κ3) is 7.64. The maximum absolute atomic E-state index is 13.2. The standard InChI is InChI=1S/C22H32N4O6S/c1-13(24-20(29)16(23)9-11-33-2)19(28)25-17(12-14-5-7-15(27)8-6-14)21(30)26-10-3-4-18(26)22(31)32/h5-8,13,16-18,27H,3-4,9-12,23H2,1-2H3,(H,24,29)(H,25,28)(H,31,32). The number of aliphatic carboxylic acids is 1. The van der Waals surface area contributed by atoms with Crippen molar-refractivity contribution in [3.05, 3.63) is 29.8 Å². The largest absolute Gasteiger partial charge is 0.508 e. The third-order valence-corrected chi connectivity index (χ3v) is 6.18. The van der Waals surface area contributed by atoms with Crippen LogP contribution in [0, 0.1) is 0 Å². The van der Waals surface area contributed by atoms with Gasteiger partial charge in [-0.15, -0.1) is 0 Å². The number of hydrogen-bond acceptors (Lipinski definition) is 7. The summed E-state index contributed by atoms with van der Waals surface area (Å²) >= 11 is 1.56. The molecule has 11 heteroatoms. The summed E-state index contributed by atoms with van der Waals surface area (Å²) in [7, 11) is 0. The second-order valence-electron chi connectivity index (χ2n) is 8.08. The van der Waals surface area contributed by atoms with E-state index in [0.29, 0.717) is 30.6 Å². The molecule has 1 aromatic carbocycles. The number of nitrogens with one attached hydrogen (secondary N) is 2. The van der Waals surface area contributed by atoms with E-state index in [1.54, 1.807) is 23.9 Å². The molecule has 1 aliphatic rings. The molecule has 1 aromatic rings. The number of carbonyl (C=O) groups excluding carboxylic acids is 3. The summed E-state index contributed by atoms with van der Waals surface area (Å²) in [6.45, 7) is 1.78. The molecule has 0 aliphatic carbocycles. The lowest BCUT2D eigenvalue weighted by Gasteiger charge is -2.28. The van der Waals surface area contributed by atoms with Gasteiger partial charge in [-0.2, -0.15) is 11.8 Å². The lowest BCUT2D eigenvalue weighted by Crippen LogP contribution is -2.57. The summed E-state index contributed by atoms with van der Waals surface area (Å²) in [6, 6.07) is 2.51. The lowest BCUT2D eigenvalue weighted by molar-refractivity contribution is -0.149. The predicted octanol–water partition coefficient (Wildman–Crippen LogP) is 0.0802. The van der Waals surface area contributed by atoms with E-state index in [2.05, 4.69) is 10.6 Å². The molecule has 33 heavy (non-hydrogen) atoms. The average molecular weight is 481 g/mol. The molecule has 0 saturated carbocycles. The minimum Gasteiger partial charge on any atom is -0.508 e. The molecule has 182 valence electrons. The molecule has 1 heterocycles. The van der Waals surface area contributed by atoms with E-state index in [0.717, 1.165) is 0 Å². The summed E-state index contributed by atoms with van der Waals surface area (Å²) in [4.78, 5) is 51.1. The van der Waals surface area contributed by atoms with Crippen LogP contribution in [-0.4, -0.2) is 81.5 Å². The van der Waals surface area contributed by atoms with Gasteiger partial charge in [-0.1, -0.05) is 12.1 Å². The quantitative estimate of drug-likeness (QED) is 0.297. The highest BCUT2D eigenvalue weighted by Gasteiger charge is 2.38. The number of nitrogens with zero attached hydrogens (tertiary/aromatic N) is 1. The highest BCUT2D eigenvalue weighted by Crippen LogP contribution is 2.20. The predicted molar refractivity (Wildman–Crippen MR) is 125 cm³/mol. The summed E-state index contributed by atoms with van der Waals surface area (Å²) in [5, 5.41) is 24.2. The maximum Gasteiger partial charge on any atom is 0.326 e. The van der Waals surface area contributed by atoms with E-state index < -0.39 is 47.9 Å². The van der Waals surface area contributed by atoms with Crippen LogP contribution in [0.3, 0.4) is 0 Å². The molecular weight excluding hydrogens is 448 g/mol. The van der Waals surface area contributed by atoms with Gasteiger partial charge in [0.1, 0.15) is 23.9 Å². The summed E-state index contributed by atoms with van der Waals surface area (Å²) in [5.74, 6) is -1.86. The molecule has 1 aliphatic heterocycles. The Labute approximate surface area is 197 Å². The summed E-state index contributed by atoms with van der Waals surface area (Å²) in [6.07, 6.45) is 3.38. The Morgan fingerprint density at radius 1 is 1.18 bits per heavy atom. The Morgan fingerprint density at radius 2 is 1.85 bits per heavy atom. The zero-order valence-corrected chi connectivity index (χ0v) is 19.6. The van der Waals surface area contributed by atoms with Gasteiger partial charge in [0.15, 0.2) is 0 Å². The number of amides is 3. The van der Waals surface area contributed by atoms with Gasteiger partial charge in [0.25, 0.3) is 0 Å². The van der Waals surface area contributed by atoms with Crippen LogP contribution in [0.2, 0.25) is 0 Å². The first-order chi connectivity index (χ1) is 15.6. The van der Waals surface area contributed by atoms with Gasteiger partial charge in [-0.05, 0) is 55.9 Å². The van der Waals surface area contributed by atoms with E-state index in [1.807, 2.05) is 6.26 Å². The molecule has 0 aromatic heterocycles. The Hall–Kier alpha value is -2.79. The van der Waals surface area contributed by atoms with Crippen LogP contribution < -0.4 is 16.4 Å². The van der Waals surface area contributed by atoms with Crippen LogP contribution in [0.4, 0.5) is 0 Å². The number of carbonyl (C=O) groups is 4. The SMILES string of the molecule is CSCCC(N)C(=O)NC(C)C(=O)NC(Cc1ccc(O)cc1)C(=O)N1CCCC1C(=O)O. The Bertz CT molecular complexity index is 850. The number of likely N-dealkylation sites (tertiary alicyclic amines) is 1. The van der Waals surface area contributed by atoms with E-state index in [4.69, 9.17) is 5.73 Å². The van der Waals surface area contributed by atoms with Crippen molar-refractivity contribution in [1.29, 1.82) is 0 Å². The van der Waals surface area contributed by atoms with Crippen LogP contribution >= 0.6 is 11.8 Å². The Kier molecular flexibility index (Phi) is 9.98. The van der Waals surface area contributed by atoms with Gasteiger partial charge >= 0.3 is 5.97 Å². The van der Waals surface area contributed by atoms with E-state index >= 15 is 0 Å². The summed E-state index contributed by atoms with van der Waals surface area (Å²) < 4.78 is 0. The van der Waals surface area contributed by atoms with Crippen molar-refractivity contribution in [2.24, 2.45) is 5.73 Å². The lowest BCUT2D eigenvalue weighted by atomic mass is 10.0. The number of aromatic hydroxyl groups is 1. The third-order valence-electron chi connectivity index (χ3n) is 5.53. The van der Waals surface area contributed by atoms with Crippen LogP contribution in [0.5, 0.6) is 5.75 Å². The van der Waals surface area contributed by atoms with Crippen LogP contribution in [0.25, 0.3) is 0 Å². The number of carboxylic acids is 1. The van der Waals surface area contributed by atoms with Crippen molar-refractivity contribution in [2.75, 3.05) is 18.6 Å². The van der Waals surface area contributed by atoms with Crippen LogP contribution in [-0.2, 0) is 25.6 Å². The normalized spacial score (nSPS) is 18.3. The van der Waals surface area contributed by atoms with Gasteiger partial charge in [-0.25, -0.2) is 4.79 Å². The summed E-state index contributed by atoms with van der Waals surface area (Å²) in [5.41, 5.74) is 6.52. The fourth-order valence-corrected chi connectivity index (χ4v) is 4.10. The number of carboxylic acid groups (broad SMARTS) is 1. The fraction of sp³-hybridized carbons (Fsp3) is 0.545. The Balaban J connectivity index is 2.12. The molecule has 0 bridgehead atoms. The van der Waals surface area contributed by atoms with Gasteiger partial charge in [0, 0.05) is 13.0 Å². The zero-order chi connectivity index (χ0) is 24.5. The van der Waals surface area contributed by atoms with Gasteiger partial charge in [0.05, 0.1) is 6.04 Å². The van der Waals surface area contributed by atoms with Crippen molar-refractivity contribution in [3.8, 4) is 5.75 Å². The van der Waals surface area contributed by atoms with Crippen LogP contribution in [0.15, 0.2) is 24.3 Å². The first-order valence-corrected chi connectivity index (χ1v) is 12.2. The van der Waals surface area contributed by atoms with Crippen molar-refractivity contribution in [3.63, 3.8) is 0 Å². The fourth-order valence-electron chi connectivity index (χ4n) is 3.61. The molecule has 4 unspecified atom stereocenters. The molecule has 1 fully saturated rings. The topological polar surface area (TPSA) is 162 Å². The van der Waals surface area contributed by atoms with Gasteiger partial charge in [-0.3, -0.25) is 14.4 Å². The smallest absolute Gasteiger partial charge is 0.326 e. The van der Waals surface area contributed by atoms with E-state index in [9.17, 15) is 29.4 Å². The molecule has 10 nitrogen and oxygen atoms in total. The number of phenols is 1. The number of nitrogens with two attached hydrogens (primary N) is 1. The first-order valence-electron chi connectivity index (χ1n) is 10.8. The molecule has 6 N–H and O–H groups in total. The maximum atomic E-state index is 13.2. The zero-order valence-electron chi connectivity index (χ0n) is 18.8. The number of rotatable bonds is 11. The molecule has 0 spiro atoms. The number of thioether (sulfide) groups is 1. The second-order valence-corrected chi connectivity index (χ2v) is 9.06. The highest BCUT2D eigenvalue weighted by molar-refractivity contribution is 7.98. The Morgan fingerprint density at radius 3 is 2.45 bits per heavy atom. The van der Waals surface area contributed by atoms with Crippen molar-refractivity contribution >= 4 is 35.5 Å². The number of phenolic OH excluding ortho intramolecular Hbond substituents is 1. The molecular formula is C22H32N4O6S. The minimum atomic E-state index is -1.09. The number of hydrogen-bond donors (Lipinski definition) is 5. The molecule has 4 atom stereocenters. The average Bonchev–Trinajstić information content (AvgIpc) is 3.28. The van der Waals surface area contributed by atoms with Crippen molar-refractivity contribution in [2.45, 2.75) is 56.8 Å². The highest BCUT2D eigenvalue weighted by atomic mass is 32.2. The molecule has 3 amide bonds. The molecule has 1 saturated heterocycles. The van der Waals surface area contributed by atoms with Gasteiger partial charge in [0.2, 0.25) is 17.7 Å². The number of benzene rings is 1. The second kappa shape index (κ2) is 12.4. The van der Waals surface area contributed by atoms with E-state index in [-0.39, 0.29) is 18.7 Å². The molecule has 2 rings (SSSR count). The minimum absolute atomic E-state index is 0.0605. The van der Waals surface area contributed by atoms with Crippen molar-refractivity contribution in [1.82, 2.24) is 15.5 Å². The molecule has 0 radical (unpaired) electrons.